The molecule has 0 unspecified atom stereocenters. The fourth-order valence-corrected chi connectivity index (χ4v) is 2.64. The van der Waals surface area contributed by atoms with Gasteiger partial charge in [-0.1, -0.05) is 32.8 Å². The maximum Gasteiger partial charge on any atom is 0.119 e. The maximum absolute atomic E-state index is 6.17. The number of rotatable bonds is 5. The van der Waals surface area contributed by atoms with E-state index >= 15 is 0 Å². The Bertz CT molecular complexity index is 385. The summed E-state index contributed by atoms with van der Waals surface area (Å²) in [5.41, 5.74) is 8.87. The highest BCUT2D eigenvalue weighted by Gasteiger charge is 2.17. The molecule has 0 amide bonds. The molecular weight excluding hydrogens is 222 g/mol. The molecule has 1 aromatic rings. The summed E-state index contributed by atoms with van der Waals surface area (Å²) < 4.78 is 5.91. The van der Waals surface area contributed by atoms with Crippen LogP contribution < -0.4 is 10.5 Å². The van der Waals surface area contributed by atoms with Gasteiger partial charge in [0.2, 0.25) is 0 Å². The molecule has 0 spiro atoms. The zero-order valence-corrected chi connectivity index (χ0v) is 11.6. The van der Waals surface area contributed by atoms with Crippen LogP contribution in [0.25, 0.3) is 0 Å². The Hall–Kier alpha value is -1.02. The van der Waals surface area contributed by atoms with Crippen molar-refractivity contribution in [2.45, 2.75) is 52.0 Å². The van der Waals surface area contributed by atoms with E-state index in [0.29, 0.717) is 5.92 Å². The summed E-state index contributed by atoms with van der Waals surface area (Å²) in [5.74, 6) is 1.65. The molecule has 0 saturated heterocycles. The zero-order valence-electron chi connectivity index (χ0n) is 11.6. The molecule has 0 heterocycles. The third-order valence-electron chi connectivity index (χ3n) is 4.12. The molecule has 2 nitrogen and oxygen atoms in total. The van der Waals surface area contributed by atoms with Crippen molar-refractivity contribution in [2.24, 2.45) is 11.7 Å². The van der Waals surface area contributed by atoms with Crippen molar-refractivity contribution < 1.29 is 4.74 Å². The highest BCUT2D eigenvalue weighted by atomic mass is 16.5. The van der Waals surface area contributed by atoms with Crippen molar-refractivity contribution in [2.75, 3.05) is 6.61 Å². The Morgan fingerprint density at radius 2 is 2.11 bits per heavy atom. The molecule has 0 aliphatic heterocycles. The van der Waals surface area contributed by atoms with Gasteiger partial charge in [-0.25, -0.2) is 0 Å². The second kappa shape index (κ2) is 6.24. The summed E-state index contributed by atoms with van der Waals surface area (Å²) in [6, 6.07) is 6.64. The Balaban J connectivity index is 2.04. The van der Waals surface area contributed by atoms with E-state index in [4.69, 9.17) is 10.5 Å². The largest absolute Gasteiger partial charge is 0.493 e. The van der Waals surface area contributed by atoms with Crippen LogP contribution in [0.4, 0.5) is 0 Å². The predicted octanol–water partition coefficient (Wildman–Crippen LogP) is 3.84. The quantitative estimate of drug-likeness (QED) is 0.858. The van der Waals surface area contributed by atoms with Crippen LogP contribution in [0.3, 0.4) is 0 Å². The second-order valence-electron chi connectivity index (χ2n) is 5.35. The fraction of sp³-hybridized carbons (Fsp3) is 0.625. The van der Waals surface area contributed by atoms with Gasteiger partial charge < -0.3 is 10.5 Å². The SMILES string of the molecule is CCC(CC)COc1ccc2c(c1)[C@H](N)CCC2. The minimum atomic E-state index is 0.199. The molecule has 0 fully saturated rings. The molecule has 100 valence electrons. The van der Waals surface area contributed by atoms with E-state index in [1.165, 1.54) is 30.4 Å². The first kappa shape index (κ1) is 13.4. The molecule has 1 aliphatic carbocycles. The lowest BCUT2D eigenvalue weighted by Gasteiger charge is -2.23. The number of hydrogen-bond donors (Lipinski definition) is 1. The number of benzene rings is 1. The van der Waals surface area contributed by atoms with E-state index in [2.05, 4.69) is 32.0 Å². The molecule has 2 rings (SSSR count). The van der Waals surface area contributed by atoms with Gasteiger partial charge in [0.15, 0.2) is 0 Å². The van der Waals surface area contributed by atoms with Gasteiger partial charge in [-0.15, -0.1) is 0 Å². The highest BCUT2D eigenvalue weighted by Crippen LogP contribution is 2.31. The Morgan fingerprint density at radius 1 is 1.33 bits per heavy atom. The van der Waals surface area contributed by atoms with Crippen LogP contribution in [0.2, 0.25) is 0 Å². The average Bonchev–Trinajstić information content (AvgIpc) is 2.41. The summed E-state index contributed by atoms with van der Waals surface area (Å²) >= 11 is 0. The lowest BCUT2D eigenvalue weighted by molar-refractivity contribution is 0.240. The van der Waals surface area contributed by atoms with Gasteiger partial charge in [-0.2, -0.15) is 0 Å². The van der Waals surface area contributed by atoms with Crippen LogP contribution in [-0.2, 0) is 6.42 Å². The summed E-state index contributed by atoms with van der Waals surface area (Å²) in [6.45, 7) is 5.27. The maximum atomic E-state index is 6.17. The molecule has 0 aromatic heterocycles. The lowest BCUT2D eigenvalue weighted by atomic mass is 9.88. The van der Waals surface area contributed by atoms with Gasteiger partial charge in [0, 0.05) is 6.04 Å². The zero-order chi connectivity index (χ0) is 13.0. The van der Waals surface area contributed by atoms with Gasteiger partial charge in [-0.05, 0) is 48.4 Å². The normalized spacial score (nSPS) is 18.8. The van der Waals surface area contributed by atoms with E-state index in [9.17, 15) is 0 Å². The Morgan fingerprint density at radius 3 is 2.83 bits per heavy atom. The topological polar surface area (TPSA) is 35.2 Å². The molecule has 1 atom stereocenters. The lowest BCUT2D eigenvalue weighted by Crippen LogP contribution is -2.17. The molecule has 1 aliphatic rings. The number of nitrogens with two attached hydrogens (primary N) is 1. The van der Waals surface area contributed by atoms with Gasteiger partial charge in [0.25, 0.3) is 0 Å². The first-order chi connectivity index (χ1) is 8.74. The van der Waals surface area contributed by atoms with Crippen molar-refractivity contribution in [1.29, 1.82) is 0 Å². The van der Waals surface area contributed by atoms with Crippen LogP contribution >= 0.6 is 0 Å². The van der Waals surface area contributed by atoms with Gasteiger partial charge in [0.05, 0.1) is 6.61 Å². The molecule has 0 radical (unpaired) electrons. The summed E-state index contributed by atoms with van der Waals surface area (Å²) in [4.78, 5) is 0. The van der Waals surface area contributed by atoms with E-state index in [1.807, 2.05) is 0 Å². The predicted molar refractivity (Wildman–Crippen MR) is 75.9 cm³/mol. The summed E-state index contributed by atoms with van der Waals surface area (Å²) in [5, 5.41) is 0. The molecular formula is C16H25NO. The Labute approximate surface area is 111 Å². The molecule has 2 heteroatoms. The van der Waals surface area contributed by atoms with E-state index in [0.717, 1.165) is 25.2 Å². The van der Waals surface area contributed by atoms with Crippen molar-refractivity contribution in [3.05, 3.63) is 29.3 Å². The van der Waals surface area contributed by atoms with Gasteiger partial charge in [-0.3, -0.25) is 0 Å². The molecule has 0 bridgehead atoms. The highest BCUT2D eigenvalue weighted by molar-refractivity contribution is 5.39. The Kier molecular flexibility index (Phi) is 4.65. The van der Waals surface area contributed by atoms with Crippen molar-refractivity contribution in [3.8, 4) is 5.75 Å². The first-order valence-electron chi connectivity index (χ1n) is 7.25. The van der Waals surface area contributed by atoms with Gasteiger partial charge in [0.1, 0.15) is 5.75 Å². The van der Waals surface area contributed by atoms with Gasteiger partial charge >= 0.3 is 0 Å². The number of fused-ring (bicyclic) bond motifs is 1. The van der Waals surface area contributed by atoms with Crippen molar-refractivity contribution in [1.82, 2.24) is 0 Å². The van der Waals surface area contributed by atoms with E-state index in [1.54, 1.807) is 0 Å². The average molecular weight is 247 g/mol. The minimum absolute atomic E-state index is 0.199. The standard InChI is InChI=1S/C16H25NO/c1-3-12(4-2)11-18-14-9-8-13-6-5-7-16(17)15(13)10-14/h8-10,12,16H,3-7,11,17H2,1-2H3/t16-/m1/s1. The first-order valence-corrected chi connectivity index (χ1v) is 7.25. The monoisotopic (exact) mass is 247 g/mol. The third-order valence-corrected chi connectivity index (χ3v) is 4.12. The molecule has 1 aromatic carbocycles. The molecule has 2 N–H and O–H groups in total. The van der Waals surface area contributed by atoms with Crippen molar-refractivity contribution in [3.63, 3.8) is 0 Å². The second-order valence-corrected chi connectivity index (χ2v) is 5.35. The smallest absolute Gasteiger partial charge is 0.119 e. The van der Waals surface area contributed by atoms with E-state index in [-0.39, 0.29) is 6.04 Å². The summed E-state index contributed by atoms with van der Waals surface area (Å²) in [7, 11) is 0. The number of hydrogen-bond acceptors (Lipinski definition) is 2. The minimum Gasteiger partial charge on any atom is -0.493 e. The van der Waals surface area contributed by atoms with Crippen LogP contribution in [0.5, 0.6) is 5.75 Å². The number of ether oxygens (including phenoxy) is 1. The fourth-order valence-electron chi connectivity index (χ4n) is 2.64. The van der Waals surface area contributed by atoms with Crippen LogP contribution in [0, 0.1) is 5.92 Å². The molecule has 18 heavy (non-hydrogen) atoms. The number of aryl methyl sites for hydroxylation is 1. The third kappa shape index (κ3) is 3.05. The summed E-state index contributed by atoms with van der Waals surface area (Å²) in [6.07, 6.45) is 5.84. The van der Waals surface area contributed by atoms with Crippen LogP contribution in [0.1, 0.15) is 56.7 Å². The molecule has 0 saturated carbocycles. The van der Waals surface area contributed by atoms with E-state index < -0.39 is 0 Å². The van der Waals surface area contributed by atoms with Crippen LogP contribution in [-0.4, -0.2) is 6.61 Å². The van der Waals surface area contributed by atoms with Crippen molar-refractivity contribution >= 4 is 0 Å². The van der Waals surface area contributed by atoms with Crippen LogP contribution in [0.15, 0.2) is 18.2 Å².